The average Bonchev–Trinajstić information content (AvgIpc) is 3.11. The van der Waals surface area contributed by atoms with Gasteiger partial charge in [-0.1, -0.05) is 12.1 Å². The van der Waals surface area contributed by atoms with E-state index in [0.717, 1.165) is 42.9 Å². The molecule has 1 aliphatic heterocycles. The lowest BCUT2D eigenvalue weighted by Crippen LogP contribution is -2.38. The molecule has 1 saturated heterocycles. The molecule has 0 amide bonds. The molecule has 6 nitrogen and oxygen atoms in total. The van der Waals surface area contributed by atoms with E-state index in [4.69, 9.17) is 0 Å². The molecule has 2 atom stereocenters. The molecular weight excluding hydrogens is 326 g/mol. The van der Waals surface area contributed by atoms with Crippen molar-refractivity contribution in [3.05, 3.63) is 52.7 Å². The molecule has 0 unspecified atom stereocenters. The highest BCUT2D eigenvalue weighted by Crippen LogP contribution is 2.47. The fraction of sp³-hybridized carbons (Fsp3) is 0.500. The van der Waals surface area contributed by atoms with Crippen molar-refractivity contribution in [3.8, 4) is 0 Å². The molecule has 2 aromatic heterocycles. The minimum absolute atomic E-state index is 0.0307. The number of piperidine rings is 1. The van der Waals surface area contributed by atoms with Gasteiger partial charge >= 0.3 is 5.69 Å². The smallest absolute Gasteiger partial charge is 0.306 e. The Kier molecular flexibility index (Phi) is 3.74. The van der Waals surface area contributed by atoms with Crippen molar-refractivity contribution in [1.82, 2.24) is 24.2 Å². The van der Waals surface area contributed by atoms with E-state index in [1.165, 1.54) is 18.7 Å². The van der Waals surface area contributed by atoms with Crippen molar-refractivity contribution in [2.24, 2.45) is 13.0 Å². The fourth-order valence-electron chi connectivity index (χ4n) is 4.69. The van der Waals surface area contributed by atoms with Gasteiger partial charge in [0.25, 0.3) is 0 Å². The minimum Gasteiger partial charge on any atom is -0.306 e. The molecule has 3 aromatic rings. The summed E-state index contributed by atoms with van der Waals surface area (Å²) in [5, 5.41) is 4.30. The summed E-state index contributed by atoms with van der Waals surface area (Å²) in [5.74, 6) is 1.44. The van der Waals surface area contributed by atoms with Crippen LogP contribution in [0.25, 0.3) is 11.0 Å². The van der Waals surface area contributed by atoms with E-state index in [1.807, 2.05) is 46.8 Å². The van der Waals surface area contributed by atoms with E-state index in [0.29, 0.717) is 12.0 Å². The van der Waals surface area contributed by atoms with Crippen LogP contribution in [-0.2, 0) is 7.05 Å². The maximum Gasteiger partial charge on any atom is 0.326 e. The number of nitrogens with one attached hydrogen (secondary N) is 1. The molecule has 1 saturated carbocycles. The van der Waals surface area contributed by atoms with Gasteiger partial charge in [0.1, 0.15) is 0 Å². The summed E-state index contributed by atoms with van der Waals surface area (Å²) in [4.78, 5) is 18.0. The van der Waals surface area contributed by atoms with Crippen molar-refractivity contribution in [3.63, 3.8) is 0 Å². The number of hydrogen-bond acceptors (Lipinski definition) is 3. The summed E-state index contributed by atoms with van der Waals surface area (Å²) < 4.78 is 3.99. The molecule has 1 aromatic carbocycles. The standard InChI is InChI=1S/C20H25N5O/c1-23-18(6-9-21-23)16-12-14(16)13-24-10-7-15(8-11-24)25-19-5-3-2-4-17(19)22-20(25)26/h2-6,9,14-16H,7-8,10-13H2,1H3,(H,22,26)/t14-,16+/m0/s1. The summed E-state index contributed by atoms with van der Waals surface area (Å²) >= 11 is 0. The van der Waals surface area contributed by atoms with Crippen molar-refractivity contribution >= 4 is 11.0 Å². The van der Waals surface area contributed by atoms with Gasteiger partial charge < -0.3 is 9.88 Å². The SMILES string of the molecule is Cn1nccc1[C@@H]1C[C@H]1CN1CCC(n2c(=O)[nH]c3ccccc32)CC1. The molecule has 3 heterocycles. The van der Waals surface area contributed by atoms with Crippen LogP contribution in [0.2, 0.25) is 0 Å². The predicted octanol–water partition coefficient (Wildman–Crippen LogP) is 2.50. The van der Waals surface area contributed by atoms with Gasteiger partial charge in [0.2, 0.25) is 0 Å². The Bertz CT molecular complexity index is 975. The summed E-state index contributed by atoms with van der Waals surface area (Å²) in [5.41, 5.74) is 3.38. The molecule has 1 N–H and O–H groups in total. The molecular formula is C20H25N5O. The second kappa shape index (κ2) is 6.13. The summed E-state index contributed by atoms with van der Waals surface area (Å²) in [6.07, 6.45) is 5.27. The monoisotopic (exact) mass is 351 g/mol. The van der Waals surface area contributed by atoms with Gasteiger partial charge in [-0.05, 0) is 43.4 Å². The predicted molar refractivity (Wildman–Crippen MR) is 101 cm³/mol. The van der Waals surface area contributed by atoms with E-state index in [9.17, 15) is 4.79 Å². The van der Waals surface area contributed by atoms with Crippen LogP contribution in [0.5, 0.6) is 0 Å². The first-order valence-electron chi connectivity index (χ1n) is 9.60. The number of fused-ring (bicyclic) bond motifs is 1. The lowest BCUT2D eigenvalue weighted by Gasteiger charge is -2.32. The molecule has 26 heavy (non-hydrogen) atoms. The average molecular weight is 351 g/mol. The molecule has 0 bridgehead atoms. The Morgan fingerprint density at radius 1 is 1.19 bits per heavy atom. The first-order valence-corrected chi connectivity index (χ1v) is 9.60. The number of rotatable bonds is 4. The largest absolute Gasteiger partial charge is 0.326 e. The van der Waals surface area contributed by atoms with Gasteiger partial charge in [-0.15, -0.1) is 0 Å². The number of likely N-dealkylation sites (tertiary alicyclic amines) is 1. The molecule has 0 spiro atoms. The van der Waals surface area contributed by atoms with Crippen LogP contribution < -0.4 is 5.69 Å². The zero-order valence-electron chi connectivity index (χ0n) is 15.1. The number of aromatic nitrogens is 4. The number of para-hydroxylation sites is 2. The first-order chi connectivity index (χ1) is 12.7. The molecule has 2 fully saturated rings. The highest BCUT2D eigenvalue weighted by molar-refractivity contribution is 5.75. The van der Waals surface area contributed by atoms with Crippen LogP contribution in [0.1, 0.15) is 36.9 Å². The van der Waals surface area contributed by atoms with E-state index < -0.39 is 0 Å². The van der Waals surface area contributed by atoms with Crippen LogP contribution >= 0.6 is 0 Å². The van der Waals surface area contributed by atoms with Crippen LogP contribution in [0.4, 0.5) is 0 Å². The minimum atomic E-state index is 0.0307. The van der Waals surface area contributed by atoms with E-state index in [2.05, 4.69) is 21.0 Å². The van der Waals surface area contributed by atoms with E-state index >= 15 is 0 Å². The number of imidazole rings is 1. The van der Waals surface area contributed by atoms with Crippen LogP contribution in [0.15, 0.2) is 41.3 Å². The Hall–Kier alpha value is -2.34. The van der Waals surface area contributed by atoms with Crippen LogP contribution in [0.3, 0.4) is 0 Å². The Morgan fingerprint density at radius 3 is 2.77 bits per heavy atom. The normalized spacial score (nSPS) is 24.3. The quantitative estimate of drug-likeness (QED) is 0.786. The van der Waals surface area contributed by atoms with Crippen molar-refractivity contribution in [2.75, 3.05) is 19.6 Å². The maximum absolute atomic E-state index is 12.4. The third-order valence-electron chi connectivity index (χ3n) is 6.20. The number of hydrogen-bond donors (Lipinski definition) is 1. The molecule has 1 aliphatic carbocycles. The van der Waals surface area contributed by atoms with Gasteiger partial charge in [0, 0.05) is 50.5 Å². The van der Waals surface area contributed by atoms with E-state index in [-0.39, 0.29) is 5.69 Å². The number of aromatic amines is 1. The van der Waals surface area contributed by atoms with Gasteiger partial charge in [0.15, 0.2) is 0 Å². The second-order valence-electron chi connectivity index (χ2n) is 7.83. The molecule has 6 heteroatoms. The lowest BCUT2D eigenvalue weighted by atomic mass is 10.0. The Balaban J connectivity index is 1.22. The zero-order valence-corrected chi connectivity index (χ0v) is 15.1. The molecule has 5 rings (SSSR count). The van der Waals surface area contributed by atoms with Gasteiger partial charge in [0.05, 0.1) is 11.0 Å². The Labute approximate surface area is 152 Å². The van der Waals surface area contributed by atoms with Crippen molar-refractivity contribution < 1.29 is 0 Å². The lowest BCUT2D eigenvalue weighted by molar-refractivity contribution is 0.179. The highest BCUT2D eigenvalue weighted by atomic mass is 16.1. The van der Waals surface area contributed by atoms with E-state index in [1.54, 1.807) is 0 Å². The van der Waals surface area contributed by atoms with Gasteiger partial charge in [-0.25, -0.2) is 4.79 Å². The molecule has 0 radical (unpaired) electrons. The number of aryl methyl sites for hydroxylation is 1. The zero-order chi connectivity index (χ0) is 17.7. The third-order valence-corrected chi connectivity index (χ3v) is 6.20. The number of H-pyrrole nitrogens is 1. The molecule has 2 aliphatic rings. The van der Waals surface area contributed by atoms with Crippen molar-refractivity contribution in [1.29, 1.82) is 0 Å². The fourth-order valence-corrected chi connectivity index (χ4v) is 4.69. The summed E-state index contributed by atoms with van der Waals surface area (Å²) in [6, 6.07) is 10.5. The van der Waals surface area contributed by atoms with Gasteiger partial charge in [-0.2, -0.15) is 5.10 Å². The third kappa shape index (κ3) is 2.69. The van der Waals surface area contributed by atoms with Crippen LogP contribution in [0, 0.1) is 5.92 Å². The first kappa shape index (κ1) is 15.9. The molecule has 136 valence electrons. The number of benzene rings is 1. The second-order valence-corrected chi connectivity index (χ2v) is 7.83. The maximum atomic E-state index is 12.4. The Morgan fingerprint density at radius 2 is 2.00 bits per heavy atom. The van der Waals surface area contributed by atoms with Crippen LogP contribution in [-0.4, -0.2) is 43.9 Å². The summed E-state index contributed by atoms with van der Waals surface area (Å²) in [7, 11) is 2.04. The van der Waals surface area contributed by atoms with Gasteiger partial charge in [-0.3, -0.25) is 9.25 Å². The summed E-state index contributed by atoms with van der Waals surface area (Å²) in [6.45, 7) is 3.32. The van der Waals surface area contributed by atoms with Crippen molar-refractivity contribution in [2.45, 2.75) is 31.2 Å². The highest BCUT2D eigenvalue weighted by Gasteiger charge is 2.41. The topological polar surface area (TPSA) is 58.9 Å². The number of nitrogens with zero attached hydrogens (tertiary/aromatic N) is 4.